The Morgan fingerprint density at radius 2 is 2.35 bits per heavy atom. The fourth-order valence-corrected chi connectivity index (χ4v) is 1.90. The molecule has 2 heterocycles. The van der Waals surface area contributed by atoms with Crippen molar-refractivity contribution in [1.82, 2.24) is 10.3 Å². The summed E-state index contributed by atoms with van der Waals surface area (Å²) in [7, 11) is 0. The molecule has 2 aromatic rings. The van der Waals surface area contributed by atoms with E-state index in [0.29, 0.717) is 17.0 Å². The van der Waals surface area contributed by atoms with Crippen molar-refractivity contribution in [2.45, 2.75) is 25.3 Å². The van der Waals surface area contributed by atoms with Crippen molar-refractivity contribution in [3.63, 3.8) is 0 Å². The van der Waals surface area contributed by atoms with Crippen LogP contribution in [0.3, 0.4) is 0 Å². The van der Waals surface area contributed by atoms with Crippen LogP contribution >= 0.6 is 11.6 Å². The molecule has 5 heteroatoms. The summed E-state index contributed by atoms with van der Waals surface area (Å²) in [6.07, 6.45) is 6.60. The van der Waals surface area contributed by atoms with Gasteiger partial charge in [0.25, 0.3) is 0 Å². The third-order valence-electron chi connectivity index (χ3n) is 2.79. The summed E-state index contributed by atoms with van der Waals surface area (Å²) >= 11 is 5.87. The van der Waals surface area contributed by atoms with Crippen molar-refractivity contribution in [1.29, 1.82) is 0 Å². The molecular weight excluding hydrogens is 240 g/mol. The van der Waals surface area contributed by atoms with Crippen LogP contribution < -0.4 is 5.32 Å². The number of furan rings is 1. The van der Waals surface area contributed by atoms with Crippen LogP contribution in [0.2, 0.25) is 5.22 Å². The normalized spacial score (nSPS) is 15.4. The van der Waals surface area contributed by atoms with E-state index in [1.165, 1.54) is 19.1 Å². The van der Waals surface area contributed by atoms with Gasteiger partial charge in [-0.05, 0) is 30.5 Å². The zero-order valence-corrected chi connectivity index (χ0v) is 10.0. The summed E-state index contributed by atoms with van der Waals surface area (Å²) in [4.78, 5) is 4.22. The highest BCUT2D eigenvalue weighted by Crippen LogP contribution is 2.29. The number of oxazole rings is 1. The van der Waals surface area contributed by atoms with E-state index < -0.39 is 0 Å². The Bertz CT molecular complexity index is 502. The van der Waals surface area contributed by atoms with E-state index in [4.69, 9.17) is 20.4 Å². The first-order valence-corrected chi connectivity index (χ1v) is 6.12. The SMILES string of the molecule is Clc1occc1-c1cnc(CCNC2CC2)o1. The Kier molecular flexibility index (Phi) is 2.91. The maximum Gasteiger partial charge on any atom is 0.204 e. The van der Waals surface area contributed by atoms with Crippen molar-refractivity contribution in [3.8, 4) is 11.3 Å². The Morgan fingerprint density at radius 1 is 1.47 bits per heavy atom. The summed E-state index contributed by atoms with van der Waals surface area (Å²) in [5, 5.41) is 3.75. The molecule has 0 saturated heterocycles. The van der Waals surface area contributed by atoms with E-state index in [2.05, 4.69) is 10.3 Å². The molecule has 0 atom stereocenters. The molecule has 3 rings (SSSR count). The number of hydrogen-bond donors (Lipinski definition) is 1. The maximum atomic E-state index is 5.87. The predicted molar refractivity (Wildman–Crippen MR) is 63.9 cm³/mol. The first kappa shape index (κ1) is 10.9. The van der Waals surface area contributed by atoms with E-state index in [0.717, 1.165) is 24.4 Å². The van der Waals surface area contributed by atoms with Gasteiger partial charge in [-0.15, -0.1) is 0 Å². The van der Waals surface area contributed by atoms with Crippen LogP contribution in [0, 0.1) is 0 Å². The molecule has 17 heavy (non-hydrogen) atoms. The summed E-state index contributed by atoms with van der Waals surface area (Å²) in [5.74, 6) is 1.38. The van der Waals surface area contributed by atoms with Crippen molar-refractivity contribution < 1.29 is 8.83 Å². The molecule has 1 aliphatic rings. The monoisotopic (exact) mass is 252 g/mol. The summed E-state index contributed by atoms with van der Waals surface area (Å²) < 4.78 is 10.6. The second-order valence-corrected chi connectivity index (χ2v) is 4.55. The summed E-state index contributed by atoms with van der Waals surface area (Å²) in [5.41, 5.74) is 0.751. The second kappa shape index (κ2) is 4.55. The van der Waals surface area contributed by atoms with E-state index >= 15 is 0 Å². The van der Waals surface area contributed by atoms with Crippen LogP contribution in [-0.2, 0) is 6.42 Å². The lowest BCUT2D eigenvalue weighted by Crippen LogP contribution is -2.19. The van der Waals surface area contributed by atoms with Crippen LogP contribution in [0.1, 0.15) is 18.7 Å². The highest BCUT2D eigenvalue weighted by Gasteiger charge is 2.20. The lowest BCUT2D eigenvalue weighted by molar-refractivity contribution is 0.493. The fraction of sp³-hybridized carbons (Fsp3) is 0.417. The minimum atomic E-state index is 0.337. The van der Waals surface area contributed by atoms with E-state index in [1.54, 1.807) is 12.3 Å². The van der Waals surface area contributed by atoms with Crippen molar-refractivity contribution in [3.05, 3.63) is 29.6 Å². The van der Waals surface area contributed by atoms with Gasteiger partial charge >= 0.3 is 0 Å². The molecule has 0 unspecified atom stereocenters. The highest BCUT2D eigenvalue weighted by atomic mass is 35.5. The van der Waals surface area contributed by atoms with Crippen LogP contribution in [-0.4, -0.2) is 17.6 Å². The van der Waals surface area contributed by atoms with Gasteiger partial charge in [0.15, 0.2) is 11.7 Å². The van der Waals surface area contributed by atoms with Crippen molar-refractivity contribution >= 4 is 11.6 Å². The molecular formula is C12H13ClN2O2. The van der Waals surface area contributed by atoms with E-state index in [1.807, 2.05) is 0 Å². The van der Waals surface area contributed by atoms with Crippen LogP contribution in [0.4, 0.5) is 0 Å². The lowest BCUT2D eigenvalue weighted by atomic mass is 10.3. The number of nitrogens with one attached hydrogen (secondary N) is 1. The lowest BCUT2D eigenvalue weighted by Gasteiger charge is -1.98. The number of rotatable bonds is 5. The molecule has 1 saturated carbocycles. The third kappa shape index (κ3) is 2.53. The van der Waals surface area contributed by atoms with Crippen molar-refractivity contribution in [2.24, 2.45) is 0 Å². The number of nitrogens with zero attached hydrogens (tertiary/aromatic N) is 1. The predicted octanol–water partition coefficient (Wildman–Crippen LogP) is 2.88. The first-order chi connectivity index (χ1) is 8.33. The Balaban J connectivity index is 1.63. The van der Waals surface area contributed by atoms with Gasteiger partial charge in [0, 0.05) is 19.0 Å². The second-order valence-electron chi connectivity index (χ2n) is 4.20. The van der Waals surface area contributed by atoms with Gasteiger partial charge in [0.05, 0.1) is 18.0 Å². The van der Waals surface area contributed by atoms with Gasteiger partial charge in [0.1, 0.15) is 0 Å². The number of halogens is 1. The molecule has 1 N–H and O–H groups in total. The summed E-state index contributed by atoms with van der Waals surface area (Å²) in [6, 6.07) is 2.49. The van der Waals surface area contributed by atoms with Crippen LogP contribution in [0.5, 0.6) is 0 Å². The van der Waals surface area contributed by atoms with Gasteiger partial charge in [0.2, 0.25) is 5.22 Å². The summed E-state index contributed by atoms with van der Waals surface area (Å²) in [6.45, 7) is 0.906. The molecule has 1 fully saturated rings. The largest absolute Gasteiger partial charge is 0.452 e. The highest BCUT2D eigenvalue weighted by molar-refractivity contribution is 6.31. The van der Waals surface area contributed by atoms with E-state index in [9.17, 15) is 0 Å². The average Bonchev–Trinajstić information content (AvgIpc) is 2.85. The van der Waals surface area contributed by atoms with Gasteiger partial charge in [-0.1, -0.05) is 0 Å². The Hall–Kier alpha value is -1.26. The molecule has 0 radical (unpaired) electrons. The van der Waals surface area contributed by atoms with Gasteiger partial charge in [-0.2, -0.15) is 0 Å². The fourth-order valence-electron chi connectivity index (χ4n) is 1.69. The molecule has 0 amide bonds. The topological polar surface area (TPSA) is 51.2 Å². The molecule has 90 valence electrons. The quantitative estimate of drug-likeness (QED) is 0.889. The molecule has 0 spiro atoms. The molecule has 0 bridgehead atoms. The molecule has 1 aliphatic carbocycles. The molecule has 2 aromatic heterocycles. The Morgan fingerprint density at radius 3 is 3.06 bits per heavy atom. The standard InChI is InChI=1S/C12H13ClN2O2/c13-12-9(4-6-16-12)10-7-15-11(17-10)3-5-14-8-1-2-8/h4,6-8,14H,1-3,5H2. The minimum Gasteiger partial charge on any atom is -0.452 e. The van der Waals surface area contributed by atoms with Gasteiger partial charge < -0.3 is 14.2 Å². The van der Waals surface area contributed by atoms with Crippen molar-refractivity contribution in [2.75, 3.05) is 6.54 Å². The van der Waals surface area contributed by atoms with Crippen LogP contribution in [0.15, 0.2) is 27.4 Å². The third-order valence-corrected chi connectivity index (χ3v) is 3.08. The van der Waals surface area contributed by atoms with Crippen LogP contribution in [0.25, 0.3) is 11.3 Å². The molecule has 0 aromatic carbocycles. The zero-order chi connectivity index (χ0) is 11.7. The maximum absolute atomic E-state index is 5.87. The Labute approximate surface area is 104 Å². The average molecular weight is 253 g/mol. The van der Waals surface area contributed by atoms with E-state index in [-0.39, 0.29) is 0 Å². The number of hydrogen-bond acceptors (Lipinski definition) is 4. The number of aromatic nitrogens is 1. The van der Waals surface area contributed by atoms with Gasteiger partial charge in [-0.25, -0.2) is 4.98 Å². The smallest absolute Gasteiger partial charge is 0.204 e. The molecule has 4 nitrogen and oxygen atoms in total. The minimum absolute atomic E-state index is 0.337. The zero-order valence-electron chi connectivity index (χ0n) is 9.28. The molecule has 0 aliphatic heterocycles. The van der Waals surface area contributed by atoms with Gasteiger partial charge in [-0.3, -0.25) is 0 Å². The first-order valence-electron chi connectivity index (χ1n) is 5.74.